The molecule has 0 N–H and O–H groups in total. The number of benzene rings is 1. The van der Waals surface area contributed by atoms with Gasteiger partial charge in [-0.15, -0.1) is 5.10 Å². The first kappa shape index (κ1) is 18.1. The highest BCUT2D eigenvalue weighted by molar-refractivity contribution is 8.00. The van der Waals surface area contributed by atoms with Crippen LogP contribution >= 0.6 is 23.5 Å². The summed E-state index contributed by atoms with van der Waals surface area (Å²) in [6, 6.07) is 3.53. The van der Waals surface area contributed by atoms with Crippen molar-refractivity contribution in [1.29, 1.82) is 0 Å². The Hall–Kier alpha value is -1.68. The van der Waals surface area contributed by atoms with Gasteiger partial charge in [0.15, 0.2) is 0 Å². The van der Waals surface area contributed by atoms with Crippen LogP contribution in [-0.2, 0) is 11.8 Å². The summed E-state index contributed by atoms with van der Waals surface area (Å²) in [7, 11) is 1.72. The van der Waals surface area contributed by atoms with E-state index in [1.54, 1.807) is 23.7 Å². The Bertz CT molecular complexity index is 757. The van der Waals surface area contributed by atoms with Crippen molar-refractivity contribution >= 4 is 29.4 Å². The van der Waals surface area contributed by atoms with Gasteiger partial charge in [0.05, 0.1) is 5.75 Å². The quantitative estimate of drug-likeness (QED) is 0.753. The summed E-state index contributed by atoms with van der Waals surface area (Å²) in [5, 5.41) is 11.5. The molecule has 1 aliphatic heterocycles. The number of thioether (sulfide) groups is 2. The minimum absolute atomic E-state index is 0.00559. The molecular formula is C15H17F2N5OS2. The molecule has 1 aliphatic rings. The van der Waals surface area contributed by atoms with Crippen molar-refractivity contribution in [2.45, 2.75) is 16.8 Å². The molecule has 2 aromatic rings. The van der Waals surface area contributed by atoms with Gasteiger partial charge >= 0.3 is 0 Å². The lowest BCUT2D eigenvalue weighted by Gasteiger charge is -2.20. The number of hydrogen-bond acceptors (Lipinski definition) is 6. The first-order chi connectivity index (χ1) is 12.0. The fraction of sp³-hybridized carbons (Fsp3) is 0.467. The van der Waals surface area contributed by atoms with Crippen LogP contribution in [-0.4, -0.2) is 55.6 Å². The van der Waals surface area contributed by atoms with Gasteiger partial charge in [-0.2, -0.15) is 11.8 Å². The Balaban J connectivity index is 1.58. The molecule has 0 spiro atoms. The Morgan fingerprint density at radius 3 is 3.00 bits per heavy atom. The van der Waals surface area contributed by atoms with Gasteiger partial charge in [-0.3, -0.25) is 4.79 Å². The zero-order valence-corrected chi connectivity index (χ0v) is 15.2. The Kier molecular flexibility index (Phi) is 5.89. The average molecular weight is 385 g/mol. The maximum atomic E-state index is 14.0. The molecule has 6 nitrogen and oxygen atoms in total. The molecule has 0 radical (unpaired) electrons. The van der Waals surface area contributed by atoms with E-state index in [1.807, 2.05) is 0 Å². The predicted octanol–water partition coefficient (Wildman–Crippen LogP) is 2.29. The standard InChI is InChI=1S/C15H17F2N5OS2/c1-21-15(18-19-20-21)25-9-14(23)22-5-4-13(24-7-6-22)11-8-10(16)2-3-12(11)17/h2-3,8,13H,4-7,9H2,1H3/t13-/m0/s1. The van der Waals surface area contributed by atoms with Crippen molar-refractivity contribution in [2.24, 2.45) is 7.05 Å². The van der Waals surface area contributed by atoms with Crippen LogP contribution in [0.2, 0.25) is 0 Å². The highest BCUT2D eigenvalue weighted by atomic mass is 32.2. The number of halogens is 2. The summed E-state index contributed by atoms with van der Waals surface area (Å²) in [6.45, 7) is 1.11. The van der Waals surface area contributed by atoms with E-state index in [9.17, 15) is 13.6 Å². The number of hydrogen-bond donors (Lipinski definition) is 0. The third kappa shape index (κ3) is 4.49. The summed E-state index contributed by atoms with van der Waals surface area (Å²) in [5.41, 5.74) is 0.374. The summed E-state index contributed by atoms with van der Waals surface area (Å²) >= 11 is 2.84. The number of carbonyl (C=O) groups excluding carboxylic acids is 1. The van der Waals surface area contributed by atoms with Crippen LogP contribution in [0.15, 0.2) is 23.4 Å². The number of tetrazole rings is 1. The Morgan fingerprint density at radius 1 is 1.40 bits per heavy atom. The van der Waals surface area contributed by atoms with E-state index >= 15 is 0 Å². The first-order valence-electron chi connectivity index (χ1n) is 7.74. The lowest BCUT2D eigenvalue weighted by atomic mass is 10.1. The van der Waals surface area contributed by atoms with E-state index in [-0.39, 0.29) is 16.9 Å². The van der Waals surface area contributed by atoms with Crippen LogP contribution in [0.25, 0.3) is 0 Å². The third-order valence-electron chi connectivity index (χ3n) is 3.91. The van der Waals surface area contributed by atoms with Gasteiger partial charge in [0, 0.05) is 36.7 Å². The van der Waals surface area contributed by atoms with Gasteiger partial charge in [-0.1, -0.05) is 11.8 Å². The average Bonchev–Trinajstić information content (AvgIpc) is 2.85. The van der Waals surface area contributed by atoms with Gasteiger partial charge in [0.1, 0.15) is 11.6 Å². The van der Waals surface area contributed by atoms with Crippen LogP contribution < -0.4 is 0 Å². The Morgan fingerprint density at radius 2 is 2.24 bits per heavy atom. The Labute approximate surface area is 152 Å². The summed E-state index contributed by atoms with van der Waals surface area (Å²) in [4.78, 5) is 14.2. The normalized spacial score (nSPS) is 18.2. The molecule has 0 saturated carbocycles. The van der Waals surface area contributed by atoms with Gasteiger partial charge in [-0.05, 0) is 35.0 Å². The van der Waals surface area contributed by atoms with Crippen LogP contribution in [0.1, 0.15) is 17.2 Å². The maximum absolute atomic E-state index is 14.0. The zero-order chi connectivity index (χ0) is 17.8. The van der Waals surface area contributed by atoms with Crippen molar-refractivity contribution in [3.63, 3.8) is 0 Å². The molecule has 1 aromatic carbocycles. The largest absolute Gasteiger partial charge is 0.341 e. The molecule has 0 bridgehead atoms. The topological polar surface area (TPSA) is 63.9 Å². The molecule has 1 saturated heterocycles. The molecular weight excluding hydrogens is 368 g/mol. The van der Waals surface area contributed by atoms with Crippen molar-refractivity contribution in [3.8, 4) is 0 Å². The van der Waals surface area contributed by atoms with Crippen LogP contribution in [0.5, 0.6) is 0 Å². The maximum Gasteiger partial charge on any atom is 0.233 e. The molecule has 25 heavy (non-hydrogen) atoms. The van der Waals surface area contributed by atoms with Crippen molar-refractivity contribution in [1.82, 2.24) is 25.1 Å². The van der Waals surface area contributed by atoms with Crippen LogP contribution in [0.4, 0.5) is 8.78 Å². The fourth-order valence-electron chi connectivity index (χ4n) is 2.59. The molecule has 0 aliphatic carbocycles. The van der Waals surface area contributed by atoms with Crippen LogP contribution in [0.3, 0.4) is 0 Å². The third-order valence-corrected chi connectivity index (χ3v) is 6.21. The van der Waals surface area contributed by atoms with Gasteiger partial charge in [0.2, 0.25) is 11.1 Å². The number of aromatic nitrogens is 4. The second-order valence-electron chi connectivity index (χ2n) is 5.57. The second kappa shape index (κ2) is 8.13. The number of carbonyl (C=O) groups is 1. The number of aryl methyl sites for hydroxylation is 1. The summed E-state index contributed by atoms with van der Waals surface area (Å²) < 4.78 is 28.9. The molecule has 1 aromatic heterocycles. The van der Waals surface area contributed by atoms with Crippen LogP contribution in [0, 0.1) is 11.6 Å². The number of nitrogens with zero attached hydrogens (tertiary/aromatic N) is 5. The molecule has 0 unspecified atom stereocenters. The lowest BCUT2D eigenvalue weighted by molar-refractivity contribution is -0.128. The SMILES string of the molecule is Cn1nnnc1SCC(=O)N1CCS[C@H](c2cc(F)ccc2F)CC1. The van der Waals surface area contributed by atoms with Gasteiger partial charge < -0.3 is 4.90 Å². The second-order valence-corrected chi connectivity index (χ2v) is 7.82. The monoisotopic (exact) mass is 385 g/mol. The summed E-state index contributed by atoms with van der Waals surface area (Å²) in [5.74, 6) is 0.0845. The lowest BCUT2D eigenvalue weighted by Crippen LogP contribution is -2.34. The highest BCUT2D eigenvalue weighted by Gasteiger charge is 2.24. The van der Waals surface area contributed by atoms with Crippen molar-refractivity contribution in [2.75, 3.05) is 24.6 Å². The number of amides is 1. The zero-order valence-electron chi connectivity index (χ0n) is 13.6. The summed E-state index contributed by atoms with van der Waals surface area (Å²) in [6.07, 6.45) is 0.590. The predicted molar refractivity (Wildman–Crippen MR) is 92.3 cm³/mol. The molecule has 2 heterocycles. The van der Waals surface area contributed by atoms with Crippen molar-refractivity contribution in [3.05, 3.63) is 35.4 Å². The minimum atomic E-state index is -0.442. The molecule has 1 fully saturated rings. The molecule has 10 heteroatoms. The van der Waals surface area contributed by atoms with E-state index in [1.165, 1.54) is 22.5 Å². The van der Waals surface area contributed by atoms with Gasteiger partial charge in [-0.25, -0.2) is 13.5 Å². The van der Waals surface area contributed by atoms with Crippen molar-refractivity contribution < 1.29 is 13.6 Å². The first-order valence-corrected chi connectivity index (χ1v) is 9.77. The highest BCUT2D eigenvalue weighted by Crippen LogP contribution is 2.36. The van der Waals surface area contributed by atoms with E-state index in [2.05, 4.69) is 15.5 Å². The van der Waals surface area contributed by atoms with E-state index < -0.39 is 11.6 Å². The molecule has 134 valence electrons. The van der Waals surface area contributed by atoms with Gasteiger partial charge in [0.25, 0.3) is 0 Å². The molecule has 1 amide bonds. The molecule has 1 atom stereocenters. The minimum Gasteiger partial charge on any atom is -0.341 e. The van der Waals surface area contributed by atoms with E-state index in [0.29, 0.717) is 36.0 Å². The fourth-order valence-corrected chi connectivity index (χ4v) is 4.59. The molecule has 3 rings (SSSR count). The number of rotatable bonds is 4. The van der Waals surface area contributed by atoms with E-state index in [0.717, 1.165) is 12.1 Å². The smallest absolute Gasteiger partial charge is 0.233 e. The van der Waals surface area contributed by atoms with E-state index in [4.69, 9.17) is 0 Å².